The van der Waals surface area contributed by atoms with Gasteiger partial charge in [0, 0.05) is 13.7 Å². The predicted molar refractivity (Wildman–Crippen MR) is 69.5 cm³/mol. The molecule has 4 heteroatoms. The molecule has 1 saturated carbocycles. The molecular weight excluding hydrogens is 216 g/mol. The monoisotopic (exact) mass is 236 g/mol. The van der Waals surface area contributed by atoms with Crippen LogP contribution >= 0.6 is 0 Å². The third kappa shape index (κ3) is 2.31. The smallest absolute Gasteiger partial charge is 0.143 e. The average molecular weight is 236 g/mol. The summed E-state index contributed by atoms with van der Waals surface area (Å²) in [5, 5.41) is 3.35. The molecule has 0 heterocycles. The third-order valence-electron chi connectivity index (χ3n) is 3.58. The van der Waals surface area contributed by atoms with Gasteiger partial charge in [-0.05, 0) is 31.4 Å². The zero-order valence-corrected chi connectivity index (χ0v) is 10.5. The van der Waals surface area contributed by atoms with E-state index >= 15 is 0 Å². The Morgan fingerprint density at radius 3 is 2.65 bits per heavy atom. The first kappa shape index (κ1) is 12.0. The topological polar surface area (TPSA) is 56.5 Å². The van der Waals surface area contributed by atoms with Crippen LogP contribution in [0.1, 0.15) is 19.3 Å². The maximum atomic E-state index is 6.00. The number of nitrogens with two attached hydrogens (primary N) is 1. The highest BCUT2D eigenvalue weighted by molar-refractivity contribution is 5.72. The number of ether oxygens (including phenoxy) is 2. The lowest BCUT2D eigenvalue weighted by molar-refractivity contribution is -0.0601. The number of methoxy groups -OCH3 is 2. The molecule has 0 amide bonds. The van der Waals surface area contributed by atoms with E-state index in [2.05, 4.69) is 5.32 Å². The summed E-state index contributed by atoms with van der Waals surface area (Å²) in [5.74, 6) is 0.704. The van der Waals surface area contributed by atoms with E-state index in [1.807, 2.05) is 18.2 Å². The molecule has 0 unspecified atom stereocenters. The number of nitrogens with one attached hydrogen (secondary N) is 1. The molecule has 0 radical (unpaired) electrons. The van der Waals surface area contributed by atoms with E-state index in [9.17, 15) is 0 Å². The van der Waals surface area contributed by atoms with E-state index < -0.39 is 0 Å². The lowest BCUT2D eigenvalue weighted by Gasteiger charge is -2.40. The quantitative estimate of drug-likeness (QED) is 0.770. The molecule has 2 rings (SSSR count). The molecule has 1 aromatic rings. The molecule has 0 aliphatic heterocycles. The van der Waals surface area contributed by atoms with Gasteiger partial charge in [-0.1, -0.05) is 6.07 Å². The van der Waals surface area contributed by atoms with Crippen LogP contribution in [0.3, 0.4) is 0 Å². The summed E-state index contributed by atoms with van der Waals surface area (Å²) in [6.07, 6.45) is 3.46. The van der Waals surface area contributed by atoms with Gasteiger partial charge < -0.3 is 20.5 Å². The first-order valence-corrected chi connectivity index (χ1v) is 5.92. The van der Waals surface area contributed by atoms with Crippen LogP contribution in [0.5, 0.6) is 5.75 Å². The Kier molecular flexibility index (Phi) is 3.43. The van der Waals surface area contributed by atoms with Crippen LogP contribution < -0.4 is 15.8 Å². The Bertz CT molecular complexity index is 383. The van der Waals surface area contributed by atoms with E-state index in [4.69, 9.17) is 15.2 Å². The van der Waals surface area contributed by atoms with E-state index in [0.29, 0.717) is 11.4 Å². The molecule has 1 fully saturated rings. The van der Waals surface area contributed by atoms with Crippen LogP contribution in [0.15, 0.2) is 18.2 Å². The lowest BCUT2D eigenvalue weighted by atomic mass is 9.80. The molecule has 17 heavy (non-hydrogen) atoms. The molecule has 4 nitrogen and oxygen atoms in total. The fourth-order valence-electron chi connectivity index (χ4n) is 2.16. The van der Waals surface area contributed by atoms with Crippen molar-refractivity contribution in [1.82, 2.24) is 0 Å². The van der Waals surface area contributed by atoms with Gasteiger partial charge in [-0.2, -0.15) is 0 Å². The highest BCUT2D eigenvalue weighted by atomic mass is 16.5. The van der Waals surface area contributed by atoms with Crippen molar-refractivity contribution in [3.05, 3.63) is 18.2 Å². The summed E-state index contributed by atoms with van der Waals surface area (Å²) in [4.78, 5) is 0. The van der Waals surface area contributed by atoms with Gasteiger partial charge in [0.05, 0.1) is 24.1 Å². The molecule has 0 bridgehead atoms. The van der Waals surface area contributed by atoms with Gasteiger partial charge in [-0.3, -0.25) is 0 Å². The zero-order chi connectivity index (χ0) is 12.3. The summed E-state index contributed by atoms with van der Waals surface area (Å²) >= 11 is 0. The van der Waals surface area contributed by atoms with Crippen LogP contribution in [-0.2, 0) is 4.74 Å². The van der Waals surface area contributed by atoms with Gasteiger partial charge in [0.15, 0.2) is 0 Å². The van der Waals surface area contributed by atoms with Crippen molar-refractivity contribution in [3.8, 4) is 5.75 Å². The minimum absolute atomic E-state index is 0.00445. The van der Waals surface area contributed by atoms with E-state index in [0.717, 1.165) is 25.1 Å². The van der Waals surface area contributed by atoms with Gasteiger partial charge in [0.2, 0.25) is 0 Å². The molecule has 1 aliphatic rings. The number of benzene rings is 1. The number of anilines is 2. The molecule has 3 N–H and O–H groups in total. The maximum absolute atomic E-state index is 6.00. The molecule has 0 saturated heterocycles. The van der Waals surface area contributed by atoms with E-state index in [-0.39, 0.29) is 5.60 Å². The Labute approximate surface area is 102 Å². The standard InChI is InChI=1S/C13H20N2O2/c1-16-11-6-3-5-10(12(11)14)15-9-13(17-2)7-4-8-13/h3,5-6,15H,4,7-9,14H2,1-2H3. The number of hydrogen-bond donors (Lipinski definition) is 2. The number of nitrogen functional groups attached to an aromatic ring is 1. The lowest BCUT2D eigenvalue weighted by Crippen LogP contribution is -2.45. The zero-order valence-electron chi connectivity index (χ0n) is 10.5. The van der Waals surface area contributed by atoms with Crippen molar-refractivity contribution in [1.29, 1.82) is 0 Å². The number of para-hydroxylation sites is 1. The molecular formula is C13H20N2O2. The number of hydrogen-bond acceptors (Lipinski definition) is 4. The average Bonchev–Trinajstić information content (AvgIpc) is 2.30. The summed E-state index contributed by atoms with van der Waals surface area (Å²) < 4.78 is 10.7. The first-order chi connectivity index (χ1) is 8.21. The molecule has 0 spiro atoms. The van der Waals surface area contributed by atoms with Crippen LogP contribution in [0.25, 0.3) is 0 Å². The highest BCUT2D eigenvalue weighted by Gasteiger charge is 2.36. The summed E-state index contributed by atoms with van der Waals surface area (Å²) in [6, 6.07) is 5.74. The van der Waals surface area contributed by atoms with Gasteiger partial charge in [-0.25, -0.2) is 0 Å². The van der Waals surface area contributed by atoms with Gasteiger partial charge in [-0.15, -0.1) is 0 Å². The Balaban J connectivity index is 2.04. The Hall–Kier alpha value is -1.42. The maximum Gasteiger partial charge on any atom is 0.143 e. The number of rotatable bonds is 5. The molecule has 1 aliphatic carbocycles. The van der Waals surface area contributed by atoms with Crippen molar-refractivity contribution in [2.45, 2.75) is 24.9 Å². The van der Waals surface area contributed by atoms with Gasteiger partial charge >= 0.3 is 0 Å². The fraction of sp³-hybridized carbons (Fsp3) is 0.538. The van der Waals surface area contributed by atoms with E-state index in [1.165, 1.54) is 6.42 Å². The van der Waals surface area contributed by atoms with Crippen LogP contribution in [0.4, 0.5) is 11.4 Å². The molecule has 1 aromatic carbocycles. The van der Waals surface area contributed by atoms with Crippen molar-refractivity contribution < 1.29 is 9.47 Å². The van der Waals surface area contributed by atoms with Crippen molar-refractivity contribution in [2.75, 3.05) is 31.8 Å². The highest BCUT2D eigenvalue weighted by Crippen LogP contribution is 2.36. The van der Waals surface area contributed by atoms with Crippen LogP contribution in [-0.4, -0.2) is 26.4 Å². The summed E-state index contributed by atoms with van der Waals surface area (Å²) in [6.45, 7) is 0.793. The third-order valence-corrected chi connectivity index (χ3v) is 3.58. The molecule has 94 valence electrons. The SMILES string of the molecule is COc1cccc(NCC2(OC)CCC2)c1N. The van der Waals surface area contributed by atoms with Crippen molar-refractivity contribution in [3.63, 3.8) is 0 Å². The summed E-state index contributed by atoms with van der Waals surface area (Å²) in [7, 11) is 3.40. The minimum atomic E-state index is -0.00445. The fourth-order valence-corrected chi connectivity index (χ4v) is 2.16. The van der Waals surface area contributed by atoms with Gasteiger partial charge in [0.25, 0.3) is 0 Å². The van der Waals surface area contributed by atoms with E-state index in [1.54, 1.807) is 14.2 Å². The summed E-state index contributed by atoms with van der Waals surface area (Å²) in [5.41, 5.74) is 7.55. The van der Waals surface area contributed by atoms with Crippen molar-refractivity contribution >= 4 is 11.4 Å². The second kappa shape index (κ2) is 4.84. The Morgan fingerprint density at radius 2 is 2.12 bits per heavy atom. The van der Waals surface area contributed by atoms with Crippen LogP contribution in [0.2, 0.25) is 0 Å². The first-order valence-electron chi connectivity index (χ1n) is 5.92. The minimum Gasteiger partial charge on any atom is -0.495 e. The predicted octanol–water partition coefficient (Wildman–Crippen LogP) is 2.26. The molecule has 0 aromatic heterocycles. The normalized spacial score (nSPS) is 17.3. The second-order valence-electron chi connectivity index (χ2n) is 4.52. The van der Waals surface area contributed by atoms with Gasteiger partial charge in [0.1, 0.15) is 5.75 Å². The second-order valence-corrected chi connectivity index (χ2v) is 4.52. The largest absolute Gasteiger partial charge is 0.495 e. The van der Waals surface area contributed by atoms with Crippen molar-refractivity contribution in [2.24, 2.45) is 0 Å². The molecule has 0 atom stereocenters. The Morgan fingerprint density at radius 1 is 1.35 bits per heavy atom. The van der Waals surface area contributed by atoms with Crippen LogP contribution in [0, 0.1) is 0 Å².